The highest BCUT2D eigenvalue weighted by Crippen LogP contribution is 2.17. The second-order valence-electron chi connectivity index (χ2n) is 4.24. The highest BCUT2D eigenvalue weighted by atomic mass is 32.2. The van der Waals surface area contributed by atoms with Crippen molar-refractivity contribution in [2.45, 2.75) is 6.42 Å². The topological polar surface area (TPSA) is 84.5 Å². The summed E-state index contributed by atoms with van der Waals surface area (Å²) in [6.45, 7) is 1.88. The van der Waals surface area contributed by atoms with Gasteiger partial charge in [0.25, 0.3) is 0 Å². The van der Waals surface area contributed by atoms with E-state index in [0.29, 0.717) is 26.1 Å². The van der Waals surface area contributed by atoms with Crippen molar-refractivity contribution in [3.8, 4) is 0 Å². The van der Waals surface area contributed by atoms with Gasteiger partial charge in [-0.1, -0.05) is 0 Å². The average molecular weight is 264 g/mol. The summed E-state index contributed by atoms with van der Waals surface area (Å²) in [6.07, 6.45) is 0.652. The summed E-state index contributed by atoms with van der Waals surface area (Å²) in [5.74, 6) is 0.414. The van der Waals surface area contributed by atoms with Gasteiger partial charge in [0.15, 0.2) is 9.84 Å². The Labute approximate surface area is 102 Å². The Morgan fingerprint density at radius 3 is 2.82 bits per heavy atom. The number of carbonyl (C=O) groups excluding carboxylic acids is 1. The summed E-state index contributed by atoms with van der Waals surface area (Å²) >= 11 is 0. The van der Waals surface area contributed by atoms with Gasteiger partial charge in [0.05, 0.1) is 24.7 Å². The molecule has 1 aliphatic rings. The molecule has 0 aromatic heterocycles. The summed E-state index contributed by atoms with van der Waals surface area (Å²) in [5.41, 5.74) is 0. The van der Waals surface area contributed by atoms with Crippen molar-refractivity contribution in [2.24, 2.45) is 5.92 Å². The number of sulfone groups is 1. The monoisotopic (exact) mass is 264 g/mol. The first kappa shape index (κ1) is 14.4. The van der Waals surface area contributed by atoms with Crippen LogP contribution in [0.4, 0.5) is 0 Å². The largest absolute Gasteiger partial charge is 0.383 e. The first-order valence-electron chi connectivity index (χ1n) is 5.70. The number of amides is 1. The van der Waals surface area contributed by atoms with Crippen LogP contribution in [0.5, 0.6) is 0 Å². The number of hydrogen-bond acceptors (Lipinski definition) is 5. The maximum absolute atomic E-state index is 11.4. The van der Waals surface area contributed by atoms with Crippen LogP contribution in [0.15, 0.2) is 0 Å². The van der Waals surface area contributed by atoms with Gasteiger partial charge in [-0.05, 0) is 12.3 Å². The van der Waals surface area contributed by atoms with E-state index in [4.69, 9.17) is 4.74 Å². The van der Waals surface area contributed by atoms with E-state index in [0.717, 1.165) is 0 Å². The Balaban J connectivity index is 2.08. The van der Waals surface area contributed by atoms with Crippen LogP contribution in [-0.2, 0) is 19.4 Å². The molecule has 1 heterocycles. The minimum absolute atomic E-state index is 0.0722. The second kappa shape index (κ2) is 6.93. The van der Waals surface area contributed by atoms with Crippen LogP contribution in [0.3, 0.4) is 0 Å². The molecule has 0 bridgehead atoms. The lowest BCUT2D eigenvalue weighted by Gasteiger charge is -2.10. The molecule has 7 heteroatoms. The maximum atomic E-state index is 11.4. The van der Waals surface area contributed by atoms with Crippen LogP contribution in [-0.4, -0.2) is 59.2 Å². The Bertz CT molecular complexity index is 342. The lowest BCUT2D eigenvalue weighted by molar-refractivity contribution is -0.120. The second-order valence-corrected chi connectivity index (χ2v) is 6.47. The Hall–Kier alpha value is -0.660. The standard InChI is InChI=1S/C10H20N2O4S/c1-16-4-3-11-7-10(13)12-6-9-2-5-17(14,15)8-9/h9,11H,2-8H2,1H3,(H,12,13). The highest BCUT2D eigenvalue weighted by molar-refractivity contribution is 7.91. The van der Waals surface area contributed by atoms with Crippen molar-refractivity contribution in [3.63, 3.8) is 0 Å². The first-order chi connectivity index (χ1) is 8.03. The third-order valence-corrected chi connectivity index (χ3v) is 4.52. The third kappa shape index (κ3) is 5.99. The zero-order valence-electron chi connectivity index (χ0n) is 10.1. The molecule has 0 aliphatic carbocycles. The quantitative estimate of drug-likeness (QED) is 0.563. The average Bonchev–Trinajstić information content (AvgIpc) is 2.62. The molecule has 1 aliphatic heterocycles. The molecular weight excluding hydrogens is 244 g/mol. The lowest BCUT2D eigenvalue weighted by Crippen LogP contribution is -2.37. The van der Waals surface area contributed by atoms with Gasteiger partial charge in [-0.25, -0.2) is 8.42 Å². The molecule has 0 saturated carbocycles. The van der Waals surface area contributed by atoms with E-state index < -0.39 is 9.84 Å². The SMILES string of the molecule is COCCNCC(=O)NCC1CCS(=O)(=O)C1. The van der Waals surface area contributed by atoms with Gasteiger partial charge in [0, 0.05) is 20.2 Å². The molecule has 2 N–H and O–H groups in total. The normalized spacial score (nSPS) is 22.5. The predicted molar refractivity (Wildman–Crippen MR) is 64.5 cm³/mol. The summed E-state index contributed by atoms with van der Waals surface area (Å²) in [7, 11) is -1.25. The summed E-state index contributed by atoms with van der Waals surface area (Å²) < 4.78 is 27.2. The molecule has 1 rings (SSSR count). The third-order valence-electron chi connectivity index (χ3n) is 2.68. The molecule has 0 radical (unpaired) electrons. The molecule has 1 saturated heterocycles. The fourth-order valence-corrected chi connectivity index (χ4v) is 3.59. The summed E-state index contributed by atoms with van der Waals surface area (Å²) in [5, 5.41) is 5.66. The number of methoxy groups -OCH3 is 1. The smallest absolute Gasteiger partial charge is 0.233 e. The molecule has 17 heavy (non-hydrogen) atoms. The zero-order valence-corrected chi connectivity index (χ0v) is 10.9. The zero-order chi connectivity index (χ0) is 12.7. The van der Waals surface area contributed by atoms with E-state index >= 15 is 0 Å². The van der Waals surface area contributed by atoms with Gasteiger partial charge in [0.1, 0.15) is 0 Å². The van der Waals surface area contributed by atoms with Crippen LogP contribution in [0.1, 0.15) is 6.42 Å². The molecule has 1 unspecified atom stereocenters. The fraction of sp³-hybridized carbons (Fsp3) is 0.900. The number of nitrogens with one attached hydrogen (secondary N) is 2. The number of carbonyl (C=O) groups is 1. The Kier molecular flexibility index (Phi) is 5.87. The van der Waals surface area contributed by atoms with E-state index in [2.05, 4.69) is 10.6 Å². The number of rotatable bonds is 7. The highest BCUT2D eigenvalue weighted by Gasteiger charge is 2.27. The van der Waals surface area contributed by atoms with Crippen molar-refractivity contribution in [1.29, 1.82) is 0 Å². The molecule has 0 aromatic rings. The van der Waals surface area contributed by atoms with E-state index in [9.17, 15) is 13.2 Å². The van der Waals surface area contributed by atoms with Gasteiger partial charge in [0.2, 0.25) is 5.91 Å². The van der Waals surface area contributed by atoms with Gasteiger partial charge >= 0.3 is 0 Å². The van der Waals surface area contributed by atoms with Crippen LogP contribution in [0.25, 0.3) is 0 Å². The van der Waals surface area contributed by atoms with Gasteiger partial charge in [-0.15, -0.1) is 0 Å². The Morgan fingerprint density at radius 2 is 2.24 bits per heavy atom. The predicted octanol–water partition coefficient (Wildman–Crippen LogP) is -1.23. The summed E-state index contributed by atoms with van der Waals surface area (Å²) in [6, 6.07) is 0. The molecule has 0 spiro atoms. The van der Waals surface area contributed by atoms with Crippen molar-refractivity contribution in [2.75, 3.05) is 44.9 Å². The maximum Gasteiger partial charge on any atom is 0.233 e. The fourth-order valence-electron chi connectivity index (χ4n) is 1.73. The van der Waals surface area contributed by atoms with Crippen LogP contribution < -0.4 is 10.6 Å². The van der Waals surface area contributed by atoms with Gasteiger partial charge in [-0.2, -0.15) is 0 Å². The summed E-state index contributed by atoms with van der Waals surface area (Å²) in [4.78, 5) is 11.4. The Morgan fingerprint density at radius 1 is 1.47 bits per heavy atom. The van der Waals surface area contributed by atoms with E-state index in [1.807, 2.05) is 0 Å². The first-order valence-corrected chi connectivity index (χ1v) is 7.52. The number of hydrogen-bond donors (Lipinski definition) is 2. The van der Waals surface area contributed by atoms with E-state index in [1.165, 1.54) is 0 Å². The van der Waals surface area contributed by atoms with Gasteiger partial charge in [-0.3, -0.25) is 4.79 Å². The molecule has 1 amide bonds. The van der Waals surface area contributed by atoms with E-state index in [1.54, 1.807) is 7.11 Å². The molecule has 0 aromatic carbocycles. The lowest BCUT2D eigenvalue weighted by atomic mass is 10.1. The van der Waals surface area contributed by atoms with Crippen LogP contribution >= 0.6 is 0 Å². The number of ether oxygens (including phenoxy) is 1. The van der Waals surface area contributed by atoms with Crippen molar-refractivity contribution in [1.82, 2.24) is 10.6 Å². The molecular formula is C10H20N2O4S. The van der Waals surface area contributed by atoms with Crippen molar-refractivity contribution < 1.29 is 17.9 Å². The van der Waals surface area contributed by atoms with Crippen molar-refractivity contribution in [3.05, 3.63) is 0 Å². The van der Waals surface area contributed by atoms with E-state index in [-0.39, 0.29) is 29.9 Å². The van der Waals surface area contributed by atoms with Crippen molar-refractivity contribution >= 4 is 15.7 Å². The molecule has 6 nitrogen and oxygen atoms in total. The molecule has 100 valence electrons. The van der Waals surface area contributed by atoms with Crippen LogP contribution in [0, 0.1) is 5.92 Å². The minimum atomic E-state index is -2.85. The van der Waals surface area contributed by atoms with Crippen LogP contribution in [0.2, 0.25) is 0 Å². The molecule has 1 fully saturated rings. The minimum Gasteiger partial charge on any atom is -0.383 e. The van der Waals surface area contributed by atoms with Gasteiger partial charge < -0.3 is 15.4 Å². The molecule has 1 atom stereocenters.